The highest BCUT2D eigenvalue weighted by atomic mass is 32.2. The SMILES string of the molecule is C=C(C(=O)OC(OCCCC(F)(F)C(F)(F)S(=O)(=O)O)(C(=O)Cc1ccc(C)cc1)C(F)(F)F)C(F)(F)F. The summed E-state index contributed by atoms with van der Waals surface area (Å²) in [6.07, 6.45) is -16.9. The van der Waals surface area contributed by atoms with Crippen molar-refractivity contribution in [2.45, 2.75) is 55.5 Å². The third kappa shape index (κ3) is 7.43. The molecule has 0 amide bonds. The first-order valence-electron chi connectivity index (χ1n) is 9.90. The molecule has 0 aliphatic heterocycles. The number of ether oxygens (including phenoxy) is 2. The summed E-state index contributed by atoms with van der Waals surface area (Å²) in [5.41, 5.74) is -2.10. The number of carbonyl (C=O) groups excluding carboxylic acids is 2. The first-order chi connectivity index (χ1) is 16.9. The Morgan fingerprint density at radius 3 is 1.87 bits per heavy atom. The molecule has 216 valence electrons. The first-order valence-corrected chi connectivity index (χ1v) is 11.3. The molecule has 0 aromatic heterocycles. The Balaban J connectivity index is 3.36. The number of hydrogen-bond donors (Lipinski definition) is 1. The zero-order chi connectivity index (χ0) is 30.0. The Kier molecular flexibility index (Phi) is 9.79. The van der Waals surface area contributed by atoms with Crippen molar-refractivity contribution < 1.29 is 75.9 Å². The standard InChI is InChI=1S/C20H18F10O7S/c1-11-4-6-13(7-5-11)10-14(31)17(19(26,27)28,37-15(32)12(2)18(23,24)25)36-9-3-8-16(21,22)20(29,30)38(33,34)35/h4-7H,2-3,8-10H2,1H3,(H,33,34,35). The van der Waals surface area contributed by atoms with Crippen LogP contribution in [-0.2, 0) is 35.6 Å². The molecule has 0 aliphatic carbocycles. The van der Waals surface area contributed by atoms with Crippen LogP contribution < -0.4 is 0 Å². The average Bonchev–Trinajstić information content (AvgIpc) is 2.74. The van der Waals surface area contributed by atoms with Crippen LogP contribution in [-0.4, -0.2) is 60.6 Å². The van der Waals surface area contributed by atoms with Gasteiger partial charge in [0, 0.05) is 12.8 Å². The Morgan fingerprint density at radius 1 is 0.947 bits per heavy atom. The number of hydrogen-bond acceptors (Lipinski definition) is 6. The third-order valence-corrected chi connectivity index (χ3v) is 5.69. The number of aryl methyl sites for hydroxylation is 1. The van der Waals surface area contributed by atoms with Gasteiger partial charge in [-0.2, -0.15) is 52.3 Å². The minimum Gasteiger partial charge on any atom is -0.413 e. The molecule has 1 N–H and O–H groups in total. The molecule has 1 aromatic rings. The summed E-state index contributed by atoms with van der Waals surface area (Å²) in [5, 5.41) is -6.08. The molecule has 0 radical (unpaired) electrons. The van der Waals surface area contributed by atoms with Gasteiger partial charge < -0.3 is 9.47 Å². The second kappa shape index (κ2) is 11.2. The van der Waals surface area contributed by atoms with Crippen LogP contribution >= 0.6 is 0 Å². The Bertz CT molecular complexity index is 1140. The van der Waals surface area contributed by atoms with E-state index in [0.29, 0.717) is 5.56 Å². The van der Waals surface area contributed by atoms with Crippen molar-refractivity contribution in [3.8, 4) is 0 Å². The molecule has 0 saturated heterocycles. The molecule has 0 saturated carbocycles. The number of halogens is 10. The molecule has 1 unspecified atom stereocenters. The molecular weight excluding hydrogens is 574 g/mol. The zero-order valence-corrected chi connectivity index (χ0v) is 19.7. The van der Waals surface area contributed by atoms with Crippen LogP contribution in [0.2, 0.25) is 0 Å². The molecule has 0 heterocycles. The largest absolute Gasteiger partial charge is 0.464 e. The van der Waals surface area contributed by atoms with Gasteiger partial charge in [0.1, 0.15) is 5.57 Å². The van der Waals surface area contributed by atoms with Crippen molar-refractivity contribution >= 4 is 21.9 Å². The highest BCUT2D eigenvalue weighted by molar-refractivity contribution is 7.87. The summed E-state index contributed by atoms with van der Waals surface area (Å²) in [6.45, 7) is 1.99. The number of esters is 1. The van der Waals surface area contributed by atoms with Gasteiger partial charge in [-0.1, -0.05) is 36.4 Å². The number of rotatable bonds is 12. The van der Waals surface area contributed by atoms with Gasteiger partial charge in [-0.25, -0.2) is 4.79 Å². The van der Waals surface area contributed by atoms with Crippen LogP contribution in [0, 0.1) is 6.92 Å². The molecular formula is C20H18F10O7S. The molecule has 1 rings (SSSR count). The molecule has 0 spiro atoms. The Morgan fingerprint density at radius 2 is 1.45 bits per heavy atom. The van der Waals surface area contributed by atoms with E-state index >= 15 is 0 Å². The van der Waals surface area contributed by atoms with Crippen LogP contribution in [0.4, 0.5) is 43.9 Å². The van der Waals surface area contributed by atoms with Gasteiger partial charge in [0.15, 0.2) is 0 Å². The van der Waals surface area contributed by atoms with Gasteiger partial charge in [0.25, 0.3) is 0 Å². The monoisotopic (exact) mass is 592 g/mol. The van der Waals surface area contributed by atoms with Crippen molar-refractivity contribution in [2.24, 2.45) is 0 Å². The molecule has 38 heavy (non-hydrogen) atoms. The number of carbonyl (C=O) groups is 2. The van der Waals surface area contributed by atoms with Crippen molar-refractivity contribution in [2.75, 3.05) is 6.61 Å². The lowest BCUT2D eigenvalue weighted by Gasteiger charge is -2.34. The zero-order valence-electron chi connectivity index (χ0n) is 18.9. The van der Waals surface area contributed by atoms with E-state index in [9.17, 15) is 61.9 Å². The fourth-order valence-electron chi connectivity index (χ4n) is 2.62. The molecule has 1 aromatic carbocycles. The second-order valence-electron chi connectivity index (χ2n) is 7.71. The summed E-state index contributed by atoms with van der Waals surface area (Å²) in [7, 11) is -6.68. The minimum atomic E-state index is -6.68. The summed E-state index contributed by atoms with van der Waals surface area (Å²) >= 11 is 0. The Hall–Kier alpha value is -2.73. The van der Waals surface area contributed by atoms with Crippen LogP contribution in [0.25, 0.3) is 0 Å². The highest BCUT2D eigenvalue weighted by Gasteiger charge is 2.67. The van der Waals surface area contributed by atoms with Gasteiger partial charge >= 0.3 is 45.4 Å². The number of ketones is 1. The van der Waals surface area contributed by atoms with Gasteiger partial charge in [0.2, 0.25) is 5.78 Å². The van der Waals surface area contributed by atoms with E-state index < -0.39 is 82.6 Å². The van der Waals surface area contributed by atoms with Crippen LogP contribution in [0.3, 0.4) is 0 Å². The lowest BCUT2D eigenvalue weighted by Crippen LogP contribution is -2.58. The normalized spacial score (nSPS) is 15.1. The number of Topliss-reactive ketones (excluding diaryl/α,β-unsaturated/α-hetero) is 1. The predicted molar refractivity (Wildman–Crippen MR) is 107 cm³/mol. The van der Waals surface area contributed by atoms with Crippen LogP contribution in [0.15, 0.2) is 36.4 Å². The number of alkyl halides is 10. The fourth-order valence-corrected chi connectivity index (χ4v) is 3.10. The van der Waals surface area contributed by atoms with Crippen molar-refractivity contribution in [1.82, 2.24) is 0 Å². The number of benzene rings is 1. The van der Waals surface area contributed by atoms with E-state index in [2.05, 4.69) is 16.1 Å². The molecule has 0 bridgehead atoms. The second-order valence-corrected chi connectivity index (χ2v) is 9.18. The van der Waals surface area contributed by atoms with Gasteiger partial charge in [-0.15, -0.1) is 0 Å². The topological polar surface area (TPSA) is 107 Å². The molecule has 1 atom stereocenters. The lowest BCUT2D eigenvalue weighted by atomic mass is 10.0. The third-order valence-electron chi connectivity index (χ3n) is 4.74. The summed E-state index contributed by atoms with van der Waals surface area (Å²) in [5.74, 6) is -15.5. The average molecular weight is 592 g/mol. The van der Waals surface area contributed by atoms with E-state index in [1.807, 2.05) is 0 Å². The van der Waals surface area contributed by atoms with Gasteiger partial charge in [-0.3, -0.25) is 9.35 Å². The first kappa shape index (κ1) is 33.3. The maximum absolute atomic E-state index is 14.0. The van der Waals surface area contributed by atoms with E-state index in [1.54, 1.807) is 6.92 Å². The van der Waals surface area contributed by atoms with Gasteiger partial charge in [0.05, 0.1) is 6.61 Å². The quantitative estimate of drug-likeness (QED) is 0.0916. The van der Waals surface area contributed by atoms with Crippen LogP contribution in [0.1, 0.15) is 24.0 Å². The maximum Gasteiger partial charge on any atom is 0.464 e. The molecule has 0 aliphatic rings. The molecule has 7 nitrogen and oxygen atoms in total. The molecule has 0 fully saturated rings. The van der Waals surface area contributed by atoms with Crippen LogP contribution in [0.5, 0.6) is 0 Å². The van der Waals surface area contributed by atoms with E-state index in [1.165, 1.54) is 12.1 Å². The highest BCUT2D eigenvalue weighted by Crippen LogP contribution is 2.42. The smallest absolute Gasteiger partial charge is 0.413 e. The Labute approximate surface area is 208 Å². The minimum absolute atomic E-state index is 0.178. The fraction of sp³-hybridized carbons (Fsp3) is 0.500. The van der Waals surface area contributed by atoms with Gasteiger partial charge in [-0.05, 0) is 18.9 Å². The molecule has 18 heteroatoms. The maximum atomic E-state index is 14.0. The van der Waals surface area contributed by atoms with Crippen molar-refractivity contribution in [3.63, 3.8) is 0 Å². The predicted octanol–water partition coefficient (Wildman–Crippen LogP) is 4.94. The summed E-state index contributed by atoms with van der Waals surface area (Å²) in [6, 6.07) is 4.91. The summed E-state index contributed by atoms with van der Waals surface area (Å²) < 4.78 is 171. The van der Waals surface area contributed by atoms with E-state index in [4.69, 9.17) is 4.55 Å². The lowest BCUT2D eigenvalue weighted by molar-refractivity contribution is -0.347. The van der Waals surface area contributed by atoms with Crippen molar-refractivity contribution in [1.29, 1.82) is 0 Å². The van der Waals surface area contributed by atoms with Crippen molar-refractivity contribution in [3.05, 3.63) is 47.5 Å². The van der Waals surface area contributed by atoms with E-state index in [0.717, 1.165) is 12.1 Å². The summed E-state index contributed by atoms with van der Waals surface area (Å²) in [4.78, 5) is 24.4. The van der Waals surface area contributed by atoms with E-state index in [-0.39, 0.29) is 5.56 Å².